The van der Waals surface area contributed by atoms with Crippen LogP contribution < -0.4 is 4.90 Å². The Balaban J connectivity index is 1.80. The van der Waals surface area contributed by atoms with Gasteiger partial charge in [0.2, 0.25) is 11.0 Å². The zero-order valence-electron chi connectivity index (χ0n) is 11.7. The third kappa shape index (κ3) is 3.25. The Morgan fingerprint density at radius 1 is 1.52 bits per heavy atom. The second-order valence-electron chi connectivity index (χ2n) is 4.90. The van der Waals surface area contributed by atoms with E-state index in [-0.39, 0.29) is 12.0 Å². The van der Waals surface area contributed by atoms with Gasteiger partial charge < -0.3 is 4.74 Å². The minimum Gasteiger partial charge on any atom is -0.376 e. The molecule has 3 heterocycles. The number of carbonyl (C=O) groups excluding carboxylic acids is 1. The lowest BCUT2D eigenvalue weighted by Gasteiger charge is -2.20. The molecular formula is C14H16N4O2S. The number of pyridine rings is 1. The number of nitrogens with zero attached hydrogens (tertiary/aromatic N) is 4. The van der Waals surface area contributed by atoms with E-state index in [1.807, 2.05) is 12.1 Å². The largest absolute Gasteiger partial charge is 0.376 e. The maximum absolute atomic E-state index is 11.9. The maximum atomic E-state index is 11.9. The molecule has 0 N–H and O–H groups in total. The SMILES string of the molecule is CC(=O)N(C[C@@H]1CCCO1)c1nnc(-c2cccnc2)s1. The molecular weight excluding hydrogens is 288 g/mol. The first-order chi connectivity index (χ1) is 10.2. The van der Waals surface area contributed by atoms with Gasteiger partial charge in [-0.15, -0.1) is 10.2 Å². The van der Waals surface area contributed by atoms with Crippen LogP contribution in [0.4, 0.5) is 5.13 Å². The van der Waals surface area contributed by atoms with Crippen molar-refractivity contribution in [1.82, 2.24) is 15.2 Å². The van der Waals surface area contributed by atoms with Crippen LogP contribution in [-0.2, 0) is 9.53 Å². The Hall–Kier alpha value is -1.86. The smallest absolute Gasteiger partial charge is 0.225 e. The molecule has 21 heavy (non-hydrogen) atoms. The van der Waals surface area contributed by atoms with Gasteiger partial charge in [-0.25, -0.2) is 0 Å². The molecule has 2 aromatic heterocycles. The fourth-order valence-electron chi connectivity index (χ4n) is 2.26. The first kappa shape index (κ1) is 14.1. The van der Waals surface area contributed by atoms with Gasteiger partial charge in [-0.1, -0.05) is 11.3 Å². The fourth-order valence-corrected chi connectivity index (χ4v) is 3.15. The predicted octanol–water partition coefficient (Wildman–Crippen LogP) is 2.13. The van der Waals surface area contributed by atoms with E-state index in [4.69, 9.17) is 4.74 Å². The summed E-state index contributed by atoms with van der Waals surface area (Å²) in [6.45, 7) is 2.85. The highest BCUT2D eigenvalue weighted by Gasteiger charge is 2.24. The molecule has 2 aromatic rings. The Bertz CT molecular complexity index is 610. The molecule has 0 unspecified atom stereocenters. The molecule has 0 radical (unpaired) electrons. The highest BCUT2D eigenvalue weighted by Crippen LogP contribution is 2.29. The van der Waals surface area contributed by atoms with Gasteiger partial charge in [0, 0.05) is 31.5 Å². The third-order valence-corrected chi connectivity index (χ3v) is 4.34. The van der Waals surface area contributed by atoms with Crippen LogP contribution in [0.1, 0.15) is 19.8 Å². The lowest BCUT2D eigenvalue weighted by Crippen LogP contribution is -2.35. The molecule has 3 rings (SSSR count). The first-order valence-corrected chi connectivity index (χ1v) is 7.69. The van der Waals surface area contributed by atoms with Crippen LogP contribution in [0.25, 0.3) is 10.6 Å². The van der Waals surface area contributed by atoms with Crippen molar-refractivity contribution in [3.8, 4) is 10.6 Å². The van der Waals surface area contributed by atoms with E-state index < -0.39 is 0 Å². The molecule has 1 aliphatic rings. The summed E-state index contributed by atoms with van der Waals surface area (Å²) in [6.07, 6.45) is 5.58. The van der Waals surface area contributed by atoms with Gasteiger partial charge >= 0.3 is 0 Å². The molecule has 1 atom stereocenters. The van der Waals surface area contributed by atoms with Gasteiger partial charge in [-0.2, -0.15) is 0 Å². The first-order valence-electron chi connectivity index (χ1n) is 6.87. The average Bonchev–Trinajstić information content (AvgIpc) is 3.17. The van der Waals surface area contributed by atoms with Gasteiger partial charge in [0.25, 0.3) is 0 Å². The molecule has 1 saturated heterocycles. The van der Waals surface area contributed by atoms with Crippen LogP contribution in [0.5, 0.6) is 0 Å². The number of aromatic nitrogens is 3. The van der Waals surface area contributed by atoms with Crippen molar-refractivity contribution in [3.05, 3.63) is 24.5 Å². The predicted molar refractivity (Wildman–Crippen MR) is 80.1 cm³/mol. The minimum absolute atomic E-state index is 0.0422. The Kier molecular flexibility index (Phi) is 4.21. The summed E-state index contributed by atoms with van der Waals surface area (Å²) in [5.74, 6) is -0.0422. The summed E-state index contributed by atoms with van der Waals surface area (Å²) in [6, 6.07) is 3.78. The molecule has 1 amide bonds. The quantitative estimate of drug-likeness (QED) is 0.865. The molecule has 1 fully saturated rings. The normalized spacial score (nSPS) is 17.9. The maximum Gasteiger partial charge on any atom is 0.225 e. The fraction of sp³-hybridized carbons (Fsp3) is 0.429. The standard InChI is InChI=1S/C14H16N4O2S/c1-10(19)18(9-12-5-3-7-20-12)14-17-16-13(21-14)11-4-2-6-15-8-11/h2,4,6,8,12H,3,5,7,9H2,1H3/t12-/m0/s1. The van der Waals surface area contributed by atoms with Crippen LogP contribution in [-0.4, -0.2) is 40.3 Å². The summed E-state index contributed by atoms with van der Waals surface area (Å²) in [4.78, 5) is 17.6. The number of carbonyl (C=O) groups is 1. The van der Waals surface area contributed by atoms with Crippen molar-refractivity contribution >= 4 is 22.4 Å². The number of rotatable bonds is 4. The van der Waals surface area contributed by atoms with Crippen molar-refractivity contribution in [3.63, 3.8) is 0 Å². The highest BCUT2D eigenvalue weighted by molar-refractivity contribution is 7.18. The number of ether oxygens (including phenoxy) is 1. The summed E-state index contributed by atoms with van der Waals surface area (Å²) in [5, 5.41) is 9.67. The molecule has 110 valence electrons. The molecule has 0 bridgehead atoms. The van der Waals surface area contributed by atoms with Gasteiger partial charge in [-0.3, -0.25) is 14.7 Å². The molecule has 0 aliphatic carbocycles. The number of hydrogen-bond acceptors (Lipinski definition) is 6. The monoisotopic (exact) mass is 304 g/mol. The van der Waals surface area contributed by atoms with E-state index in [1.165, 1.54) is 11.3 Å². The summed E-state index contributed by atoms with van der Waals surface area (Å²) in [7, 11) is 0. The summed E-state index contributed by atoms with van der Waals surface area (Å²) in [5.41, 5.74) is 0.905. The van der Waals surface area contributed by atoms with Crippen molar-refractivity contribution in [2.24, 2.45) is 0 Å². The van der Waals surface area contributed by atoms with Crippen molar-refractivity contribution in [2.75, 3.05) is 18.1 Å². The topological polar surface area (TPSA) is 68.2 Å². The summed E-state index contributed by atoms with van der Waals surface area (Å²) >= 11 is 1.39. The molecule has 7 heteroatoms. The zero-order valence-corrected chi connectivity index (χ0v) is 12.5. The van der Waals surface area contributed by atoms with E-state index in [2.05, 4.69) is 15.2 Å². The Morgan fingerprint density at radius 3 is 3.10 bits per heavy atom. The molecule has 6 nitrogen and oxygen atoms in total. The Morgan fingerprint density at radius 2 is 2.43 bits per heavy atom. The second kappa shape index (κ2) is 6.28. The number of amides is 1. The zero-order chi connectivity index (χ0) is 14.7. The van der Waals surface area contributed by atoms with Crippen LogP contribution in [0.15, 0.2) is 24.5 Å². The van der Waals surface area contributed by atoms with Gasteiger partial charge in [0.15, 0.2) is 5.01 Å². The lowest BCUT2D eigenvalue weighted by atomic mass is 10.2. The lowest BCUT2D eigenvalue weighted by molar-refractivity contribution is -0.116. The van der Waals surface area contributed by atoms with Crippen molar-refractivity contribution < 1.29 is 9.53 Å². The Labute approximate surface area is 126 Å². The second-order valence-corrected chi connectivity index (χ2v) is 5.85. The average molecular weight is 304 g/mol. The van der Waals surface area contributed by atoms with E-state index in [9.17, 15) is 4.79 Å². The van der Waals surface area contributed by atoms with Crippen LogP contribution in [0.3, 0.4) is 0 Å². The molecule has 0 aromatic carbocycles. The van der Waals surface area contributed by atoms with Crippen LogP contribution in [0.2, 0.25) is 0 Å². The van der Waals surface area contributed by atoms with Gasteiger partial charge in [0.05, 0.1) is 12.6 Å². The third-order valence-electron chi connectivity index (χ3n) is 3.34. The van der Waals surface area contributed by atoms with E-state index in [0.29, 0.717) is 11.7 Å². The van der Waals surface area contributed by atoms with Gasteiger partial charge in [0.1, 0.15) is 0 Å². The van der Waals surface area contributed by atoms with E-state index >= 15 is 0 Å². The summed E-state index contributed by atoms with van der Waals surface area (Å²) < 4.78 is 5.60. The number of anilines is 1. The molecule has 1 aliphatic heterocycles. The van der Waals surface area contributed by atoms with Crippen molar-refractivity contribution in [2.45, 2.75) is 25.9 Å². The van der Waals surface area contributed by atoms with E-state index in [0.717, 1.165) is 30.0 Å². The van der Waals surface area contributed by atoms with Gasteiger partial charge in [-0.05, 0) is 25.0 Å². The molecule has 0 saturated carbocycles. The van der Waals surface area contributed by atoms with Crippen LogP contribution >= 0.6 is 11.3 Å². The number of hydrogen-bond donors (Lipinski definition) is 0. The minimum atomic E-state index is -0.0422. The highest BCUT2D eigenvalue weighted by atomic mass is 32.1. The molecule has 0 spiro atoms. The van der Waals surface area contributed by atoms with Crippen LogP contribution in [0, 0.1) is 0 Å². The van der Waals surface area contributed by atoms with Crippen molar-refractivity contribution in [1.29, 1.82) is 0 Å². The van der Waals surface area contributed by atoms with E-state index in [1.54, 1.807) is 24.2 Å².